The van der Waals surface area contributed by atoms with E-state index >= 15 is 0 Å². The molecule has 0 aromatic heterocycles. The Hall–Kier alpha value is -1.50. The smallest absolute Gasteiger partial charge is 0.206 e. The van der Waals surface area contributed by atoms with Crippen LogP contribution in [0.15, 0.2) is 18.2 Å². The number of halogens is 4. The first kappa shape index (κ1) is 10.6. The molecule has 0 spiro atoms. The maximum atomic E-state index is 13.1. The van der Waals surface area contributed by atoms with Crippen LogP contribution in [0, 0.1) is 18.2 Å². The molecule has 1 rings (SSSR count). The van der Waals surface area contributed by atoms with E-state index in [9.17, 15) is 17.6 Å². The van der Waals surface area contributed by atoms with Crippen molar-refractivity contribution < 1.29 is 17.6 Å². The molecule has 0 atom stereocenters. The molecule has 0 radical (unpaired) electrons. The van der Waals surface area contributed by atoms with Crippen molar-refractivity contribution in [2.45, 2.75) is 12.6 Å². The van der Waals surface area contributed by atoms with Crippen molar-refractivity contribution in [3.63, 3.8) is 0 Å². The average Bonchev–Trinajstić information content (AvgIpc) is 2.07. The van der Waals surface area contributed by atoms with Crippen molar-refractivity contribution in [3.8, 4) is 12.3 Å². The van der Waals surface area contributed by atoms with Gasteiger partial charge in [-0.05, 0) is 6.07 Å². The number of hydrogen-bond acceptors (Lipinski definition) is 0. The van der Waals surface area contributed by atoms with E-state index in [0.717, 1.165) is 6.07 Å². The van der Waals surface area contributed by atoms with Gasteiger partial charge in [-0.1, -0.05) is 12.1 Å². The highest BCUT2D eigenvalue weighted by molar-refractivity contribution is 5.30. The SMILES string of the molecule is C#CCc1cccc(C(F)(F)F)c1F. The monoisotopic (exact) mass is 202 g/mol. The Labute approximate surface area is 78.6 Å². The van der Waals surface area contributed by atoms with E-state index in [1.165, 1.54) is 6.07 Å². The molecule has 0 fully saturated rings. The van der Waals surface area contributed by atoms with E-state index in [-0.39, 0.29) is 12.0 Å². The molecule has 14 heavy (non-hydrogen) atoms. The molecule has 1 aromatic rings. The number of benzene rings is 1. The zero-order chi connectivity index (χ0) is 10.8. The minimum Gasteiger partial charge on any atom is -0.206 e. The molecule has 0 aliphatic carbocycles. The van der Waals surface area contributed by atoms with Crippen molar-refractivity contribution >= 4 is 0 Å². The first-order valence-corrected chi connectivity index (χ1v) is 3.75. The van der Waals surface area contributed by atoms with Gasteiger partial charge in [-0.25, -0.2) is 4.39 Å². The first-order chi connectivity index (χ1) is 6.46. The van der Waals surface area contributed by atoms with Crippen molar-refractivity contribution in [1.29, 1.82) is 0 Å². The lowest BCUT2D eigenvalue weighted by atomic mass is 10.1. The lowest BCUT2D eigenvalue weighted by Crippen LogP contribution is -2.09. The van der Waals surface area contributed by atoms with E-state index in [1.807, 2.05) is 0 Å². The van der Waals surface area contributed by atoms with Gasteiger partial charge in [-0.3, -0.25) is 0 Å². The maximum Gasteiger partial charge on any atom is 0.419 e. The van der Waals surface area contributed by atoms with Crippen LogP contribution in [0.1, 0.15) is 11.1 Å². The third-order valence-electron chi connectivity index (χ3n) is 1.68. The van der Waals surface area contributed by atoms with Crippen LogP contribution < -0.4 is 0 Å². The van der Waals surface area contributed by atoms with Gasteiger partial charge >= 0.3 is 6.18 Å². The molecular weight excluding hydrogens is 196 g/mol. The Bertz CT molecular complexity index is 371. The maximum absolute atomic E-state index is 13.1. The van der Waals surface area contributed by atoms with Gasteiger partial charge in [0.1, 0.15) is 5.82 Å². The summed E-state index contributed by atoms with van der Waals surface area (Å²) in [5.41, 5.74) is -1.38. The Morgan fingerprint density at radius 2 is 1.93 bits per heavy atom. The lowest BCUT2D eigenvalue weighted by molar-refractivity contribution is -0.140. The first-order valence-electron chi connectivity index (χ1n) is 3.75. The van der Waals surface area contributed by atoms with Crippen LogP contribution in [0.25, 0.3) is 0 Å². The zero-order valence-electron chi connectivity index (χ0n) is 7.03. The summed E-state index contributed by atoms with van der Waals surface area (Å²) in [7, 11) is 0. The predicted octanol–water partition coefficient (Wildman–Crippen LogP) is 3.02. The van der Waals surface area contributed by atoms with Crippen molar-refractivity contribution in [1.82, 2.24) is 0 Å². The molecule has 0 amide bonds. The molecule has 0 aliphatic rings. The van der Waals surface area contributed by atoms with Crippen molar-refractivity contribution in [3.05, 3.63) is 35.1 Å². The van der Waals surface area contributed by atoms with E-state index in [1.54, 1.807) is 0 Å². The van der Waals surface area contributed by atoms with Crippen LogP contribution in [0.3, 0.4) is 0 Å². The molecule has 0 heterocycles. The Balaban J connectivity index is 3.22. The molecule has 0 saturated carbocycles. The number of hydrogen-bond donors (Lipinski definition) is 0. The minimum atomic E-state index is -4.67. The van der Waals surface area contributed by atoms with Crippen LogP contribution >= 0.6 is 0 Å². The fraction of sp³-hybridized carbons (Fsp3) is 0.200. The van der Waals surface area contributed by atoms with Gasteiger partial charge in [0.25, 0.3) is 0 Å². The van der Waals surface area contributed by atoms with Gasteiger partial charge in [0.2, 0.25) is 0 Å². The molecule has 0 saturated heterocycles. The largest absolute Gasteiger partial charge is 0.419 e. The summed E-state index contributed by atoms with van der Waals surface area (Å²) in [6.45, 7) is 0. The fourth-order valence-corrected chi connectivity index (χ4v) is 1.05. The summed E-state index contributed by atoms with van der Waals surface area (Å²) in [5, 5.41) is 0. The van der Waals surface area contributed by atoms with E-state index < -0.39 is 17.6 Å². The second-order valence-corrected chi connectivity index (χ2v) is 2.66. The zero-order valence-corrected chi connectivity index (χ0v) is 7.03. The molecule has 0 aliphatic heterocycles. The molecule has 74 valence electrons. The molecule has 0 nitrogen and oxygen atoms in total. The van der Waals surface area contributed by atoms with Gasteiger partial charge in [0.05, 0.1) is 5.56 Å². The second kappa shape index (κ2) is 3.70. The minimum absolute atomic E-state index is 0.109. The summed E-state index contributed by atoms with van der Waals surface area (Å²) in [5.74, 6) is 0.816. The molecule has 0 unspecified atom stereocenters. The number of alkyl halides is 3. The van der Waals surface area contributed by atoms with E-state index in [2.05, 4.69) is 5.92 Å². The van der Waals surface area contributed by atoms with Gasteiger partial charge in [-0.15, -0.1) is 12.3 Å². The van der Waals surface area contributed by atoms with Crippen LogP contribution in [-0.2, 0) is 12.6 Å². The number of rotatable bonds is 1. The third-order valence-corrected chi connectivity index (χ3v) is 1.68. The van der Waals surface area contributed by atoms with Gasteiger partial charge < -0.3 is 0 Å². The van der Waals surface area contributed by atoms with Crippen LogP contribution in [0.4, 0.5) is 17.6 Å². The van der Waals surface area contributed by atoms with Gasteiger partial charge in [0.15, 0.2) is 0 Å². The Morgan fingerprint density at radius 1 is 1.29 bits per heavy atom. The normalized spacial score (nSPS) is 11.1. The van der Waals surface area contributed by atoms with Gasteiger partial charge in [0, 0.05) is 12.0 Å². The predicted molar refractivity (Wildman–Crippen MR) is 43.9 cm³/mol. The lowest BCUT2D eigenvalue weighted by Gasteiger charge is -2.09. The highest BCUT2D eigenvalue weighted by atomic mass is 19.4. The van der Waals surface area contributed by atoms with Crippen molar-refractivity contribution in [2.75, 3.05) is 0 Å². The Kier molecular flexibility index (Phi) is 2.80. The fourth-order valence-electron chi connectivity index (χ4n) is 1.05. The number of terminal acetylenes is 1. The summed E-state index contributed by atoms with van der Waals surface area (Å²) >= 11 is 0. The quantitative estimate of drug-likeness (QED) is 0.485. The van der Waals surface area contributed by atoms with Gasteiger partial charge in [-0.2, -0.15) is 13.2 Å². The van der Waals surface area contributed by atoms with Crippen molar-refractivity contribution in [2.24, 2.45) is 0 Å². The molecule has 1 aromatic carbocycles. The molecule has 0 bridgehead atoms. The average molecular weight is 202 g/mol. The molecular formula is C10H6F4. The van der Waals surface area contributed by atoms with Crippen LogP contribution in [-0.4, -0.2) is 0 Å². The summed E-state index contributed by atoms with van der Waals surface area (Å²) in [6, 6.07) is 3.07. The van der Waals surface area contributed by atoms with E-state index in [4.69, 9.17) is 6.42 Å². The second-order valence-electron chi connectivity index (χ2n) is 2.66. The Morgan fingerprint density at radius 3 is 2.43 bits per heavy atom. The highest BCUT2D eigenvalue weighted by Crippen LogP contribution is 2.32. The summed E-state index contributed by atoms with van der Waals surface area (Å²) in [4.78, 5) is 0. The van der Waals surface area contributed by atoms with E-state index in [0.29, 0.717) is 6.07 Å². The van der Waals surface area contributed by atoms with Crippen LogP contribution in [0.5, 0.6) is 0 Å². The standard InChI is InChI=1S/C10H6F4/c1-2-4-7-5-3-6-8(9(7)11)10(12,13)14/h1,3,5-6H,4H2. The highest BCUT2D eigenvalue weighted by Gasteiger charge is 2.34. The molecule has 4 heteroatoms. The topological polar surface area (TPSA) is 0 Å². The molecule has 0 N–H and O–H groups in total. The summed E-state index contributed by atoms with van der Waals surface area (Å²) < 4.78 is 49.7. The third kappa shape index (κ3) is 2.05. The summed E-state index contributed by atoms with van der Waals surface area (Å²) in [6.07, 6.45) is 0.0756. The van der Waals surface area contributed by atoms with Crippen LogP contribution in [0.2, 0.25) is 0 Å².